The Morgan fingerprint density at radius 1 is 1.50 bits per heavy atom. The van der Waals surface area contributed by atoms with Crippen LogP contribution in [0.5, 0.6) is 0 Å². The maximum absolute atomic E-state index is 4.18. The largest absolute Gasteiger partial charge is 0.359 e. The molecule has 0 N–H and O–H groups in total. The molecule has 2 nitrogen and oxygen atoms in total. The van der Waals surface area contributed by atoms with Crippen LogP contribution in [0.3, 0.4) is 0 Å². The second kappa shape index (κ2) is 2.77. The standard InChI is InChI=1S/C10H18N2/c1-8(2)12-7-11-6-4-5-10(11)9(12)3/h8,10H,3-7H2,1-2H3. The SMILES string of the molecule is C=C1C2CCCN2CN1C(C)C. The van der Waals surface area contributed by atoms with Gasteiger partial charge < -0.3 is 4.90 Å². The Morgan fingerprint density at radius 2 is 2.25 bits per heavy atom. The lowest BCUT2D eigenvalue weighted by Gasteiger charge is -2.24. The van der Waals surface area contributed by atoms with Gasteiger partial charge in [-0.2, -0.15) is 0 Å². The van der Waals surface area contributed by atoms with Crippen LogP contribution in [0.25, 0.3) is 0 Å². The first-order chi connectivity index (χ1) is 5.70. The maximum atomic E-state index is 4.18. The highest BCUT2D eigenvalue weighted by Crippen LogP contribution is 2.32. The van der Waals surface area contributed by atoms with E-state index in [4.69, 9.17) is 0 Å². The van der Waals surface area contributed by atoms with Gasteiger partial charge in [-0.3, -0.25) is 4.90 Å². The molecule has 0 amide bonds. The maximum Gasteiger partial charge on any atom is 0.0712 e. The van der Waals surface area contributed by atoms with Crippen molar-refractivity contribution in [1.29, 1.82) is 0 Å². The molecule has 0 aliphatic carbocycles. The zero-order valence-corrected chi connectivity index (χ0v) is 8.08. The molecule has 0 aromatic rings. The second-order valence-electron chi connectivity index (χ2n) is 4.17. The van der Waals surface area contributed by atoms with Crippen LogP contribution in [0.15, 0.2) is 12.3 Å². The van der Waals surface area contributed by atoms with Crippen molar-refractivity contribution < 1.29 is 0 Å². The Bertz CT molecular complexity index is 198. The van der Waals surface area contributed by atoms with Gasteiger partial charge in [-0.15, -0.1) is 0 Å². The van der Waals surface area contributed by atoms with Gasteiger partial charge in [-0.05, 0) is 26.7 Å². The van der Waals surface area contributed by atoms with E-state index in [-0.39, 0.29) is 0 Å². The van der Waals surface area contributed by atoms with Gasteiger partial charge >= 0.3 is 0 Å². The normalized spacial score (nSPS) is 30.4. The third-order valence-corrected chi connectivity index (χ3v) is 3.07. The highest BCUT2D eigenvalue weighted by atomic mass is 15.4. The van der Waals surface area contributed by atoms with Crippen molar-refractivity contribution in [2.24, 2.45) is 0 Å². The fraction of sp³-hybridized carbons (Fsp3) is 0.800. The summed E-state index contributed by atoms with van der Waals surface area (Å²) in [4.78, 5) is 4.96. The van der Waals surface area contributed by atoms with Crippen molar-refractivity contribution in [1.82, 2.24) is 9.80 Å². The summed E-state index contributed by atoms with van der Waals surface area (Å²) < 4.78 is 0. The lowest BCUT2D eigenvalue weighted by molar-refractivity contribution is 0.230. The van der Waals surface area contributed by atoms with Crippen molar-refractivity contribution in [3.8, 4) is 0 Å². The molecule has 0 radical (unpaired) electrons. The van der Waals surface area contributed by atoms with E-state index in [0.29, 0.717) is 12.1 Å². The van der Waals surface area contributed by atoms with Crippen molar-refractivity contribution in [2.45, 2.75) is 38.8 Å². The van der Waals surface area contributed by atoms with E-state index < -0.39 is 0 Å². The highest BCUT2D eigenvalue weighted by Gasteiger charge is 2.37. The average Bonchev–Trinajstić information content (AvgIpc) is 2.53. The van der Waals surface area contributed by atoms with Gasteiger partial charge in [0.25, 0.3) is 0 Å². The zero-order chi connectivity index (χ0) is 8.72. The minimum absolute atomic E-state index is 0.614. The van der Waals surface area contributed by atoms with Gasteiger partial charge in [0.2, 0.25) is 0 Å². The topological polar surface area (TPSA) is 6.48 Å². The smallest absolute Gasteiger partial charge is 0.0712 e. The molecule has 68 valence electrons. The van der Waals surface area contributed by atoms with E-state index in [0.717, 1.165) is 6.67 Å². The van der Waals surface area contributed by atoms with Crippen LogP contribution in [0, 0.1) is 0 Å². The van der Waals surface area contributed by atoms with E-state index in [1.165, 1.54) is 25.1 Å². The van der Waals surface area contributed by atoms with Crippen molar-refractivity contribution in [3.05, 3.63) is 12.3 Å². The fourth-order valence-electron chi connectivity index (χ4n) is 2.35. The molecule has 0 bridgehead atoms. The van der Waals surface area contributed by atoms with Gasteiger partial charge in [0.1, 0.15) is 0 Å². The van der Waals surface area contributed by atoms with Crippen LogP contribution in [0.4, 0.5) is 0 Å². The fourth-order valence-corrected chi connectivity index (χ4v) is 2.35. The van der Waals surface area contributed by atoms with Crippen LogP contribution in [-0.4, -0.2) is 35.1 Å². The summed E-state index contributed by atoms with van der Waals surface area (Å²) in [5, 5.41) is 0. The van der Waals surface area contributed by atoms with Gasteiger partial charge in [-0.25, -0.2) is 0 Å². The summed E-state index contributed by atoms with van der Waals surface area (Å²) >= 11 is 0. The van der Waals surface area contributed by atoms with E-state index in [1.807, 2.05) is 0 Å². The molecule has 1 atom stereocenters. The first kappa shape index (κ1) is 8.11. The number of rotatable bonds is 1. The van der Waals surface area contributed by atoms with Gasteiger partial charge in [0, 0.05) is 18.3 Å². The Morgan fingerprint density at radius 3 is 2.83 bits per heavy atom. The van der Waals surface area contributed by atoms with Crippen molar-refractivity contribution >= 4 is 0 Å². The first-order valence-electron chi connectivity index (χ1n) is 4.89. The predicted octanol–water partition coefficient (Wildman–Crippen LogP) is 1.65. The van der Waals surface area contributed by atoms with E-state index >= 15 is 0 Å². The lowest BCUT2D eigenvalue weighted by Crippen LogP contribution is -2.29. The number of hydrogen-bond acceptors (Lipinski definition) is 2. The molecular weight excluding hydrogens is 148 g/mol. The van der Waals surface area contributed by atoms with Crippen LogP contribution in [0.1, 0.15) is 26.7 Å². The lowest BCUT2D eigenvalue weighted by atomic mass is 10.1. The quantitative estimate of drug-likeness (QED) is 0.584. The summed E-state index contributed by atoms with van der Waals surface area (Å²) in [5.41, 5.74) is 1.35. The second-order valence-corrected chi connectivity index (χ2v) is 4.17. The summed E-state index contributed by atoms with van der Waals surface area (Å²) in [6.07, 6.45) is 2.68. The molecule has 12 heavy (non-hydrogen) atoms. The van der Waals surface area contributed by atoms with Crippen LogP contribution < -0.4 is 0 Å². The Hall–Kier alpha value is -0.500. The van der Waals surface area contributed by atoms with E-state index in [2.05, 4.69) is 30.2 Å². The minimum Gasteiger partial charge on any atom is -0.359 e. The van der Waals surface area contributed by atoms with E-state index in [1.54, 1.807) is 0 Å². The predicted molar refractivity (Wildman–Crippen MR) is 50.7 cm³/mol. The van der Waals surface area contributed by atoms with Crippen molar-refractivity contribution in [2.75, 3.05) is 13.2 Å². The van der Waals surface area contributed by atoms with E-state index in [9.17, 15) is 0 Å². The monoisotopic (exact) mass is 166 g/mol. The molecule has 2 fully saturated rings. The molecule has 0 aromatic heterocycles. The zero-order valence-electron chi connectivity index (χ0n) is 8.08. The van der Waals surface area contributed by atoms with Gasteiger partial charge in [0.15, 0.2) is 0 Å². The molecule has 2 aliphatic heterocycles. The summed E-state index contributed by atoms with van der Waals surface area (Å²) in [6, 6.07) is 1.29. The summed E-state index contributed by atoms with van der Waals surface area (Å²) in [6.45, 7) is 11.1. The van der Waals surface area contributed by atoms with Crippen LogP contribution in [0.2, 0.25) is 0 Å². The van der Waals surface area contributed by atoms with Gasteiger partial charge in [-0.1, -0.05) is 6.58 Å². The third kappa shape index (κ3) is 1.06. The molecule has 2 heterocycles. The van der Waals surface area contributed by atoms with Gasteiger partial charge in [0.05, 0.1) is 12.7 Å². The highest BCUT2D eigenvalue weighted by molar-refractivity contribution is 5.13. The van der Waals surface area contributed by atoms with Crippen LogP contribution >= 0.6 is 0 Å². The summed E-state index contributed by atoms with van der Waals surface area (Å²) in [7, 11) is 0. The molecule has 0 saturated carbocycles. The molecule has 0 aromatic carbocycles. The number of nitrogens with zero attached hydrogens (tertiary/aromatic N) is 2. The summed E-state index contributed by atoms with van der Waals surface area (Å²) in [5.74, 6) is 0. The van der Waals surface area contributed by atoms with Crippen LogP contribution in [-0.2, 0) is 0 Å². The molecular formula is C10H18N2. The Balaban J connectivity index is 2.11. The molecule has 2 rings (SSSR count). The first-order valence-corrected chi connectivity index (χ1v) is 4.89. The van der Waals surface area contributed by atoms with Crippen molar-refractivity contribution in [3.63, 3.8) is 0 Å². The molecule has 1 unspecified atom stereocenters. The molecule has 0 spiro atoms. The number of hydrogen-bond donors (Lipinski definition) is 0. The number of fused-ring (bicyclic) bond motifs is 1. The minimum atomic E-state index is 0.614. The third-order valence-electron chi connectivity index (χ3n) is 3.07. The molecule has 2 heteroatoms. The molecule has 2 aliphatic rings. The average molecular weight is 166 g/mol. The Labute approximate surface area is 74.8 Å². The Kier molecular flexibility index (Phi) is 1.87. The molecule has 2 saturated heterocycles.